The molecule has 6 N–H and O–H groups in total. The second-order valence-electron chi connectivity index (χ2n) is 12.7. The van der Waals surface area contributed by atoms with Crippen molar-refractivity contribution in [3.63, 3.8) is 0 Å². The Morgan fingerprint density at radius 2 is 1.49 bits per heavy atom. The van der Waals surface area contributed by atoms with Crippen molar-refractivity contribution in [2.24, 2.45) is 17.8 Å². The van der Waals surface area contributed by atoms with Gasteiger partial charge < -0.3 is 41.1 Å². The van der Waals surface area contributed by atoms with Gasteiger partial charge in [0.1, 0.15) is 36.8 Å². The van der Waals surface area contributed by atoms with E-state index in [2.05, 4.69) is 28.2 Å². The molecule has 7 atom stereocenters. The van der Waals surface area contributed by atoms with Crippen LogP contribution in [0.3, 0.4) is 0 Å². The zero-order chi connectivity index (χ0) is 34.4. The van der Waals surface area contributed by atoms with Gasteiger partial charge in [-0.15, -0.1) is 0 Å². The van der Waals surface area contributed by atoms with Crippen LogP contribution in [0.15, 0.2) is 0 Å². The summed E-state index contributed by atoms with van der Waals surface area (Å²) in [6, 6.07) is -5.16. The first-order valence-electron chi connectivity index (χ1n) is 16.0. The number of esters is 1. The van der Waals surface area contributed by atoms with Crippen LogP contribution < -0.4 is 21.3 Å². The van der Waals surface area contributed by atoms with Crippen LogP contribution in [0.2, 0.25) is 0 Å². The number of aliphatic hydroxyl groups excluding tert-OH is 2. The van der Waals surface area contributed by atoms with Crippen molar-refractivity contribution in [3.05, 3.63) is 0 Å². The highest BCUT2D eigenvalue weighted by Gasteiger charge is 2.38. The van der Waals surface area contributed by atoms with E-state index in [1.807, 2.05) is 13.8 Å². The number of carbonyl (C=O) groups is 6. The van der Waals surface area contributed by atoms with Crippen molar-refractivity contribution < 1.29 is 43.7 Å². The lowest BCUT2D eigenvalue weighted by Gasteiger charge is -2.34. The van der Waals surface area contributed by atoms with Crippen molar-refractivity contribution >= 4 is 35.5 Å². The maximum atomic E-state index is 13.8. The molecule has 1 saturated heterocycles. The molecule has 1 aliphatic heterocycles. The van der Waals surface area contributed by atoms with Gasteiger partial charge in [0.15, 0.2) is 0 Å². The van der Waals surface area contributed by atoms with Gasteiger partial charge >= 0.3 is 5.97 Å². The van der Waals surface area contributed by atoms with Crippen LogP contribution in [0.4, 0.5) is 0 Å². The Morgan fingerprint density at radius 3 is 2.02 bits per heavy atom. The largest absolute Gasteiger partial charge is 0.460 e. The maximum Gasteiger partial charge on any atom is 0.325 e. The number of hydrogen-bond donors (Lipinski definition) is 6. The standard InChI is InChI=1S/C31H55N5O9/c1-9-10-11-12-13-23-19(6)31(44)36(8)22(14-17(2)3)28(41)34-25(18(4)5)30(43)33-21(16-37)27(40)35-26(20(7)38)29(42)32-15-24(39)45-23/h17-23,25-26,37-38H,9-16H2,1-8H3,(H,32,42)(H,33,43)(H,34,41)(H,35,40)/t19?,20-,21-,22-,23?,25-,26-/m0/s1. The Kier molecular flexibility index (Phi) is 17.1. The Bertz CT molecular complexity index is 1020. The molecule has 0 aliphatic carbocycles. The van der Waals surface area contributed by atoms with Crippen molar-refractivity contribution in [2.45, 2.75) is 123 Å². The minimum Gasteiger partial charge on any atom is -0.460 e. The smallest absolute Gasteiger partial charge is 0.325 e. The van der Waals surface area contributed by atoms with Gasteiger partial charge in [0.25, 0.3) is 0 Å². The zero-order valence-corrected chi connectivity index (χ0v) is 28.1. The third kappa shape index (κ3) is 12.6. The van der Waals surface area contributed by atoms with Gasteiger partial charge in [-0.05, 0) is 38.0 Å². The van der Waals surface area contributed by atoms with Crippen LogP contribution >= 0.6 is 0 Å². The fourth-order valence-corrected chi connectivity index (χ4v) is 5.08. The van der Waals surface area contributed by atoms with Crippen LogP contribution in [0.25, 0.3) is 0 Å². The number of aliphatic hydroxyl groups is 2. The number of ether oxygens (including phenoxy) is 1. The molecule has 1 rings (SSSR count). The number of unbranched alkanes of at least 4 members (excludes halogenated alkanes) is 3. The summed E-state index contributed by atoms with van der Waals surface area (Å²) in [6.45, 7) is 10.7. The number of carbonyl (C=O) groups excluding carboxylic acids is 6. The van der Waals surface area contributed by atoms with Crippen LogP contribution in [0, 0.1) is 17.8 Å². The molecule has 5 amide bonds. The summed E-state index contributed by atoms with van der Waals surface area (Å²) in [5.74, 6) is -5.75. The molecule has 14 nitrogen and oxygen atoms in total. The topological polar surface area (TPSA) is 203 Å². The summed E-state index contributed by atoms with van der Waals surface area (Å²) in [4.78, 5) is 80.8. The van der Waals surface area contributed by atoms with Gasteiger partial charge in [0, 0.05) is 7.05 Å². The van der Waals surface area contributed by atoms with Crippen molar-refractivity contribution in [2.75, 3.05) is 20.2 Å². The molecule has 0 radical (unpaired) electrons. The number of likely N-dealkylation sites (N-methyl/N-ethyl adjacent to an activating group) is 1. The highest BCUT2D eigenvalue weighted by Crippen LogP contribution is 2.22. The average molecular weight is 642 g/mol. The summed E-state index contributed by atoms with van der Waals surface area (Å²) in [5, 5.41) is 29.8. The molecule has 1 heterocycles. The van der Waals surface area contributed by atoms with Crippen LogP contribution in [-0.4, -0.2) is 107 Å². The first-order chi connectivity index (χ1) is 21.0. The van der Waals surface area contributed by atoms with Gasteiger partial charge in [-0.25, -0.2) is 0 Å². The SMILES string of the molecule is CCCCCCC1OC(=O)CNC(=O)[C@H]([C@H](C)O)NC(=O)[C@H](CO)NC(=O)[C@H](C(C)C)NC(=O)[C@H](CC(C)C)N(C)C(=O)C1C. The average Bonchev–Trinajstić information content (AvgIpc) is 2.97. The van der Waals surface area contributed by atoms with E-state index in [0.717, 1.165) is 19.3 Å². The molecule has 0 aromatic heterocycles. The molecule has 0 bridgehead atoms. The quantitative estimate of drug-likeness (QED) is 0.140. The molecule has 258 valence electrons. The number of rotatable bonds is 10. The Labute approximate surface area is 266 Å². The monoisotopic (exact) mass is 641 g/mol. The fourth-order valence-electron chi connectivity index (χ4n) is 5.08. The normalized spacial score (nSPS) is 27.5. The molecular weight excluding hydrogens is 586 g/mol. The van der Waals surface area contributed by atoms with E-state index in [-0.39, 0.29) is 12.3 Å². The predicted molar refractivity (Wildman–Crippen MR) is 166 cm³/mol. The van der Waals surface area contributed by atoms with Crippen LogP contribution in [0.5, 0.6) is 0 Å². The van der Waals surface area contributed by atoms with E-state index in [1.54, 1.807) is 20.8 Å². The summed E-state index contributed by atoms with van der Waals surface area (Å²) in [5.41, 5.74) is 0. The Morgan fingerprint density at radius 1 is 0.867 bits per heavy atom. The molecule has 2 unspecified atom stereocenters. The van der Waals surface area contributed by atoms with E-state index in [4.69, 9.17) is 4.74 Å². The van der Waals surface area contributed by atoms with Gasteiger partial charge in [0.05, 0.1) is 18.6 Å². The number of nitrogens with zero attached hydrogens (tertiary/aromatic N) is 1. The second-order valence-corrected chi connectivity index (χ2v) is 12.7. The van der Waals surface area contributed by atoms with Gasteiger partial charge in [-0.1, -0.05) is 60.8 Å². The molecule has 1 fully saturated rings. The molecule has 1 aliphatic rings. The lowest BCUT2D eigenvalue weighted by Crippen LogP contribution is -2.61. The Balaban J connectivity index is 3.58. The summed E-state index contributed by atoms with van der Waals surface area (Å²) < 4.78 is 5.69. The minimum absolute atomic E-state index is 0.00477. The lowest BCUT2D eigenvalue weighted by molar-refractivity contribution is -0.157. The van der Waals surface area contributed by atoms with Crippen LogP contribution in [0.1, 0.15) is 87.0 Å². The molecule has 0 aromatic rings. The highest BCUT2D eigenvalue weighted by atomic mass is 16.5. The lowest BCUT2D eigenvalue weighted by atomic mass is 9.94. The molecule has 14 heteroatoms. The predicted octanol–water partition coefficient (Wildman–Crippen LogP) is -0.00890. The van der Waals surface area contributed by atoms with E-state index < -0.39 is 96.9 Å². The van der Waals surface area contributed by atoms with Crippen molar-refractivity contribution in [3.8, 4) is 0 Å². The number of amides is 5. The first kappa shape index (κ1) is 39.8. The van der Waals surface area contributed by atoms with E-state index in [1.165, 1.54) is 18.9 Å². The van der Waals surface area contributed by atoms with E-state index in [9.17, 15) is 39.0 Å². The molecule has 0 aromatic carbocycles. The molecular formula is C31H55N5O9. The fraction of sp³-hybridized carbons (Fsp3) is 0.806. The van der Waals surface area contributed by atoms with E-state index >= 15 is 0 Å². The first-order valence-corrected chi connectivity index (χ1v) is 16.0. The molecule has 0 spiro atoms. The van der Waals surface area contributed by atoms with E-state index in [0.29, 0.717) is 12.8 Å². The highest BCUT2D eigenvalue weighted by molar-refractivity contribution is 5.96. The minimum atomic E-state index is -1.53. The van der Waals surface area contributed by atoms with Crippen LogP contribution in [-0.2, 0) is 33.5 Å². The molecule has 0 saturated carbocycles. The van der Waals surface area contributed by atoms with Gasteiger partial charge in [-0.2, -0.15) is 0 Å². The summed E-state index contributed by atoms with van der Waals surface area (Å²) >= 11 is 0. The second kappa shape index (κ2) is 19.3. The number of hydrogen-bond acceptors (Lipinski definition) is 9. The van der Waals surface area contributed by atoms with Gasteiger partial charge in [0.2, 0.25) is 29.5 Å². The maximum absolute atomic E-state index is 13.8. The Hall–Kier alpha value is -3.26. The number of nitrogens with one attached hydrogen (secondary N) is 4. The number of cyclic esters (lactones) is 1. The van der Waals surface area contributed by atoms with Gasteiger partial charge in [-0.3, -0.25) is 28.8 Å². The summed E-state index contributed by atoms with van der Waals surface area (Å²) in [6.07, 6.45) is 1.89. The van der Waals surface area contributed by atoms with Crippen molar-refractivity contribution in [1.29, 1.82) is 0 Å². The van der Waals surface area contributed by atoms with Crippen molar-refractivity contribution in [1.82, 2.24) is 26.2 Å². The summed E-state index contributed by atoms with van der Waals surface area (Å²) in [7, 11) is 1.50. The third-order valence-electron chi connectivity index (χ3n) is 7.92. The molecule has 45 heavy (non-hydrogen) atoms. The third-order valence-corrected chi connectivity index (χ3v) is 7.92. The zero-order valence-electron chi connectivity index (χ0n) is 28.1.